The Morgan fingerprint density at radius 2 is 1.69 bits per heavy atom. The van der Waals surface area contributed by atoms with E-state index in [1.807, 2.05) is 68.8 Å². The van der Waals surface area contributed by atoms with Crippen molar-refractivity contribution in [3.63, 3.8) is 0 Å². The Morgan fingerprint density at radius 1 is 0.935 bits per heavy atom. The maximum absolute atomic E-state index is 13.6. The average molecular weight is 913 g/mol. The van der Waals surface area contributed by atoms with Gasteiger partial charge in [0.25, 0.3) is 11.8 Å². The number of thiol groups is 1. The molecule has 1 atom stereocenters. The van der Waals surface area contributed by atoms with E-state index in [0.717, 1.165) is 38.2 Å². The summed E-state index contributed by atoms with van der Waals surface area (Å²) in [4.78, 5) is 55.6. The van der Waals surface area contributed by atoms with Crippen LogP contribution in [0, 0.1) is 20.8 Å². The van der Waals surface area contributed by atoms with Gasteiger partial charge in [-0.2, -0.15) is 0 Å². The summed E-state index contributed by atoms with van der Waals surface area (Å²) in [7, 11) is 0. The van der Waals surface area contributed by atoms with Crippen molar-refractivity contribution in [3.05, 3.63) is 115 Å². The molecule has 1 aliphatic heterocycles. The van der Waals surface area contributed by atoms with Crippen molar-refractivity contribution in [2.24, 2.45) is 4.99 Å². The summed E-state index contributed by atoms with van der Waals surface area (Å²) >= 11 is 14.1. The van der Waals surface area contributed by atoms with Crippen molar-refractivity contribution in [1.82, 2.24) is 40.7 Å². The fourth-order valence-corrected chi connectivity index (χ4v) is 9.51. The number of pyridine rings is 1. The summed E-state index contributed by atoms with van der Waals surface area (Å²) in [5.74, 6) is 0.668. The number of aromatic nitrogens is 5. The topological polar surface area (TPSA) is 165 Å². The number of thiazole rings is 1. The second-order valence-corrected chi connectivity index (χ2v) is 19.7. The molecule has 3 amide bonds. The number of nitrogens with one attached hydrogen (secondary N) is 3. The van der Waals surface area contributed by atoms with Gasteiger partial charge < -0.3 is 20.7 Å². The number of ether oxygens (including phenoxy) is 1. The molecular weight excluding hydrogens is 862 g/mol. The molecule has 2 aromatic carbocycles. The zero-order valence-electron chi connectivity index (χ0n) is 35.8. The molecule has 13 nitrogen and oxygen atoms in total. The maximum Gasteiger partial charge on any atom is 0.252 e. The summed E-state index contributed by atoms with van der Waals surface area (Å²) in [5, 5.41) is 23.1. The van der Waals surface area contributed by atoms with Gasteiger partial charge in [0.05, 0.1) is 33.8 Å². The molecule has 17 heteroatoms. The van der Waals surface area contributed by atoms with Crippen molar-refractivity contribution >= 4 is 81.2 Å². The highest BCUT2D eigenvalue weighted by Crippen LogP contribution is 2.39. The van der Waals surface area contributed by atoms with Gasteiger partial charge in [-0.25, -0.2) is 4.98 Å². The average Bonchev–Trinajstić information content (AvgIpc) is 3.93. The molecule has 0 saturated carbocycles. The molecule has 0 spiro atoms. The minimum Gasteiger partial charge on any atom is -0.375 e. The van der Waals surface area contributed by atoms with Crippen molar-refractivity contribution in [2.75, 3.05) is 19.7 Å². The van der Waals surface area contributed by atoms with Crippen molar-refractivity contribution < 1.29 is 19.1 Å². The van der Waals surface area contributed by atoms with Gasteiger partial charge in [0.1, 0.15) is 16.9 Å². The number of aryl methyl sites for hydroxylation is 2. The van der Waals surface area contributed by atoms with Crippen molar-refractivity contribution in [2.45, 2.75) is 96.2 Å². The van der Waals surface area contributed by atoms with Gasteiger partial charge in [-0.1, -0.05) is 23.7 Å². The van der Waals surface area contributed by atoms with Crippen LogP contribution in [0.2, 0.25) is 5.02 Å². The van der Waals surface area contributed by atoms with Gasteiger partial charge in [0, 0.05) is 86.3 Å². The molecule has 1 aliphatic rings. The van der Waals surface area contributed by atoms with Crippen LogP contribution in [0.1, 0.15) is 112 Å². The highest BCUT2D eigenvalue weighted by molar-refractivity contribution is 7.80. The Bertz CT molecular complexity index is 2650. The summed E-state index contributed by atoms with van der Waals surface area (Å²) < 4.78 is 8.35. The lowest BCUT2D eigenvalue weighted by molar-refractivity contribution is -0.121. The van der Waals surface area contributed by atoms with Crippen LogP contribution in [0.4, 0.5) is 0 Å². The van der Waals surface area contributed by atoms with E-state index < -0.39 is 17.2 Å². The quantitative estimate of drug-likeness (QED) is 0.0704. The number of nitrogens with zero attached hydrogens (tertiary/aromatic N) is 6. The van der Waals surface area contributed by atoms with Crippen LogP contribution in [0.25, 0.3) is 15.9 Å². The predicted molar refractivity (Wildman–Crippen MR) is 249 cm³/mol. The molecule has 5 heterocycles. The highest BCUT2D eigenvalue weighted by Gasteiger charge is 2.33. The number of carbonyl (C=O) groups is 3. The van der Waals surface area contributed by atoms with E-state index in [-0.39, 0.29) is 24.1 Å². The molecule has 62 heavy (non-hydrogen) atoms. The second kappa shape index (κ2) is 18.8. The Balaban J connectivity index is 0.921. The van der Waals surface area contributed by atoms with Crippen LogP contribution < -0.4 is 16.0 Å². The van der Waals surface area contributed by atoms with Gasteiger partial charge in [0.15, 0.2) is 5.82 Å². The predicted octanol–water partition coefficient (Wildman–Crippen LogP) is 8.36. The van der Waals surface area contributed by atoms with Crippen molar-refractivity contribution in [1.29, 1.82) is 0 Å². The van der Waals surface area contributed by atoms with E-state index in [1.54, 1.807) is 47.1 Å². The zero-order chi connectivity index (χ0) is 44.3. The number of carbonyl (C=O) groups excluding carboxylic acids is 3. The van der Waals surface area contributed by atoms with Crippen LogP contribution in [0.3, 0.4) is 0 Å². The minimum atomic E-state index is -0.617. The molecule has 7 rings (SSSR count). The fourth-order valence-electron chi connectivity index (χ4n) is 7.23. The second-order valence-electron chi connectivity index (χ2n) is 16.6. The first kappa shape index (κ1) is 45.0. The van der Waals surface area contributed by atoms with Crippen LogP contribution in [-0.2, 0) is 16.0 Å². The number of thiophene rings is 1. The Kier molecular flexibility index (Phi) is 13.6. The van der Waals surface area contributed by atoms with Gasteiger partial charge in [-0.15, -0.1) is 45.5 Å². The number of benzene rings is 2. The normalized spacial score (nSPS) is 13.9. The molecule has 0 bridgehead atoms. The number of hydrogen-bond donors (Lipinski definition) is 4. The molecule has 0 fully saturated rings. The van der Waals surface area contributed by atoms with Crippen LogP contribution >= 0.6 is 46.9 Å². The van der Waals surface area contributed by atoms with Gasteiger partial charge in [0.2, 0.25) is 5.91 Å². The highest BCUT2D eigenvalue weighted by atomic mass is 35.5. The molecular formula is C45H50ClN9O4S3. The van der Waals surface area contributed by atoms with Crippen molar-refractivity contribution in [3.8, 4) is 5.00 Å². The van der Waals surface area contributed by atoms with E-state index in [1.165, 1.54) is 11.1 Å². The monoisotopic (exact) mass is 911 g/mol. The van der Waals surface area contributed by atoms with Crippen LogP contribution in [0.5, 0.6) is 0 Å². The number of hydrogen-bond acceptors (Lipinski definition) is 12. The third-order valence-corrected chi connectivity index (χ3v) is 13.5. The Labute approximate surface area is 379 Å². The molecule has 0 aliphatic carbocycles. The summed E-state index contributed by atoms with van der Waals surface area (Å²) in [6, 6.07) is 12.2. The Morgan fingerprint density at radius 3 is 2.44 bits per heavy atom. The summed E-state index contributed by atoms with van der Waals surface area (Å²) in [5.41, 5.74) is 4.06. The summed E-state index contributed by atoms with van der Waals surface area (Å²) in [6.45, 7) is 15.2. The van der Waals surface area contributed by atoms with Gasteiger partial charge in [-0.05, 0) is 97.2 Å². The van der Waals surface area contributed by atoms with Crippen LogP contribution in [-0.4, -0.2) is 79.0 Å². The standard InChI is InChI=1S/C45H50ClN9O4S3/c1-25-26(2)62-43-37(25)39(28-8-10-32(46)11-9-28)51-33(40-54-53-27(3)55(40)43)23-35(56)47-16-13-45(6,7)59-18-14-44(4,5)52-42(58)30-20-29-21-31(24-50-38(29)34(60)22-30)41(57)49-15-12-36-48-17-19-61-36/h8-11,17,19-22,24,33,60H,12-16,18,23H2,1-7H3,(H,47,56)(H,49,57)(H,52,58)/t33-/m0/s1. The largest absolute Gasteiger partial charge is 0.375 e. The fraction of sp³-hybridized carbons (Fsp3) is 0.378. The number of amides is 3. The van der Waals surface area contributed by atoms with E-state index in [0.29, 0.717) is 76.7 Å². The third-order valence-electron chi connectivity index (χ3n) is 10.9. The number of aliphatic imine (C=N–C) groups is 1. The lowest BCUT2D eigenvalue weighted by Gasteiger charge is -2.30. The smallest absolute Gasteiger partial charge is 0.252 e. The third kappa shape index (κ3) is 10.4. The van der Waals surface area contributed by atoms with E-state index >= 15 is 0 Å². The first-order valence-electron chi connectivity index (χ1n) is 20.4. The SMILES string of the molecule is Cc1sc2c(c1C)C(c1ccc(Cl)cc1)=N[C@@H](CC(=O)NCCC(C)(C)OCCC(C)(C)NC(=O)c1cc(S)c3ncc(C(=O)NCCc4nccs4)cc3c1)c1nnc(C)n1-2. The lowest BCUT2D eigenvalue weighted by Crippen LogP contribution is -2.45. The molecule has 0 saturated heterocycles. The lowest BCUT2D eigenvalue weighted by atomic mass is 9.99. The van der Waals surface area contributed by atoms with Gasteiger partial charge in [-0.3, -0.25) is 28.9 Å². The Hall–Kier alpha value is -5.00. The maximum atomic E-state index is 13.6. The summed E-state index contributed by atoms with van der Waals surface area (Å²) in [6.07, 6.45) is 5.07. The molecule has 3 N–H and O–H groups in total. The molecule has 0 unspecified atom stereocenters. The van der Waals surface area contributed by atoms with Crippen LogP contribution in [0.15, 0.2) is 70.1 Å². The minimum absolute atomic E-state index is 0.0880. The zero-order valence-corrected chi connectivity index (χ0v) is 39.0. The first-order valence-corrected chi connectivity index (χ1v) is 22.9. The van der Waals surface area contributed by atoms with E-state index in [4.69, 9.17) is 21.3 Å². The van der Waals surface area contributed by atoms with E-state index in [9.17, 15) is 14.4 Å². The van der Waals surface area contributed by atoms with Gasteiger partial charge >= 0.3 is 0 Å². The first-order chi connectivity index (χ1) is 29.5. The molecule has 4 aromatic heterocycles. The number of rotatable bonds is 16. The molecule has 6 aromatic rings. The number of halogens is 1. The number of fused-ring (bicyclic) bond motifs is 4. The molecule has 324 valence electrons. The molecule has 0 radical (unpaired) electrons. The van der Waals surface area contributed by atoms with E-state index in [2.05, 4.69) is 62.6 Å².